The molecule has 0 radical (unpaired) electrons. The smallest absolute Gasteiger partial charge is 0.339 e. The Bertz CT molecular complexity index is 618. The molecule has 1 rings (SSSR count). The molecule has 0 spiro atoms. The predicted molar refractivity (Wildman–Crippen MR) is 139 cm³/mol. The Kier molecular flexibility index (Phi) is 14.2. The molecule has 2 unspecified atom stereocenters. The molecule has 2 atom stereocenters. The normalized spacial score (nSPS) is 13.0. The maximum atomic E-state index is 12.6. The number of esters is 2. The van der Waals surface area contributed by atoms with E-state index < -0.39 is 0 Å². The molecule has 0 fully saturated rings. The highest BCUT2D eigenvalue weighted by Gasteiger charge is 2.21. The Morgan fingerprint density at radius 1 is 0.767 bits per heavy atom. The van der Waals surface area contributed by atoms with Gasteiger partial charge in [0.1, 0.15) is 0 Å². The Balaban J connectivity index is 2.75. The zero-order valence-corrected chi connectivity index (χ0v) is 23.1. The number of halogens is 2. The van der Waals surface area contributed by atoms with Crippen LogP contribution in [0.2, 0.25) is 0 Å². The lowest BCUT2D eigenvalue weighted by atomic mass is 10.0. The summed E-state index contributed by atoms with van der Waals surface area (Å²) in [6.45, 7) is 9.50. The lowest BCUT2D eigenvalue weighted by Gasteiger charge is -2.16. The van der Waals surface area contributed by atoms with Gasteiger partial charge in [-0.15, -0.1) is 0 Å². The van der Waals surface area contributed by atoms with Gasteiger partial charge in [-0.25, -0.2) is 9.59 Å². The van der Waals surface area contributed by atoms with E-state index in [-0.39, 0.29) is 11.9 Å². The molecule has 0 amide bonds. The zero-order valence-electron chi connectivity index (χ0n) is 18.8. The molecule has 1 aromatic rings. The fourth-order valence-electron chi connectivity index (χ4n) is 3.20. The Labute approximate surface area is 209 Å². The average molecular weight is 642 g/mol. The first-order valence-electron chi connectivity index (χ1n) is 11.2. The van der Waals surface area contributed by atoms with E-state index in [1.807, 2.05) is 0 Å². The molecule has 170 valence electrons. The third kappa shape index (κ3) is 9.40. The standard InChI is InChI=1S/C24H36I2O4/c1-5-9-11-17(7-3)15-29-23(27)19-13-22(26)20(14-21(19)25)24(28)30-16-18(8-4)12-10-6-2/h13-14,17-18H,5-12,15-16H2,1-4H3. The molecule has 0 bridgehead atoms. The number of benzene rings is 1. The number of hydrogen-bond acceptors (Lipinski definition) is 4. The first-order valence-corrected chi connectivity index (χ1v) is 13.4. The number of carbonyl (C=O) groups is 2. The van der Waals surface area contributed by atoms with Crippen molar-refractivity contribution in [1.82, 2.24) is 0 Å². The minimum Gasteiger partial charge on any atom is -0.462 e. The lowest BCUT2D eigenvalue weighted by molar-refractivity contribution is 0.0412. The van der Waals surface area contributed by atoms with Gasteiger partial charge in [-0.3, -0.25) is 0 Å². The molecule has 0 N–H and O–H groups in total. The highest BCUT2D eigenvalue weighted by Crippen LogP contribution is 2.24. The number of carbonyl (C=O) groups excluding carboxylic acids is 2. The molecule has 6 heteroatoms. The third-order valence-corrected chi connectivity index (χ3v) is 7.27. The second-order valence-electron chi connectivity index (χ2n) is 7.84. The van der Waals surface area contributed by atoms with Gasteiger partial charge in [0.05, 0.1) is 24.3 Å². The van der Waals surface area contributed by atoms with Crippen LogP contribution < -0.4 is 0 Å². The van der Waals surface area contributed by atoms with Crippen molar-refractivity contribution in [3.05, 3.63) is 30.4 Å². The van der Waals surface area contributed by atoms with Crippen LogP contribution in [0.3, 0.4) is 0 Å². The molecule has 0 heterocycles. The van der Waals surface area contributed by atoms with Gasteiger partial charge in [-0.1, -0.05) is 66.2 Å². The molecule has 0 aliphatic heterocycles. The van der Waals surface area contributed by atoms with Crippen LogP contribution in [0.25, 0.3) is 0 Å². The quantitative estimate of drug-likeness (QED) is 0.155. The van der Waals surface area contributed by atoms with Gasteiger partial charge in [0.2, 0.25) is 0 Å². The summed E-state index contributed by atoms with van der Waals surface area (Å²) in [4.78, 5) is 25.2. The Hall–Kier alpha value is -0.380. The number of rotatable bonds is 14. The fraction of sp³-hybridized carbons (Fsp3) is 0.667. The first kappa shape index (κ1) is 27.7. The van der Waals surface area contributed by atoms with E-state index >= 15 is 0 Å². The van der Waals surface area contributed by atoms with Crippen LogP contribution in [-0.4, -0.2) is 25.2 Å². The summed E-state index contributed by atoms with van der Waals surface area (Å²) in [5.41, 5.74) is 1.02. The molecule has 0 aliphatic rings. The molecular weight excluding hydrogens is 606 g/mol. The van der Waals surface area contributed by atoms with Crippen molar-refractivity contribution in [3.63, 3.8) is 0 Å². The molecule has 30 heavy (non-hydrogen) atoms. The fourth-order valence-corrected chi connectivity index (χ4v) is 4.57. The van der Waals surface area contributed by atoms with Crippen molar-refractivity contribution < 1.29 is 19.1 Å². The molecule has 0 aromatic heterocycles. The maximum absolute atomic E-state index is 12.6. The van der Waals surface area contributed by atoms with Crippen molar-refractivity contribution >= 4 is 57.1 Å². The molecule has 0 saturated heterocycles. The van der Waals surface area contributed by atoms with E-state index in [0.29, 0.717) is 43.3 Å². The van der Waals surface area contributed by atoms with Gasteiger partial charge >= 0.3 is 11.9 Å². The molecule has 1 aromatic carbocycles. The van der Waals surface area contributed by atoms with E-state index in [9.17, 15) is 9.59 Å². The minimum atomic E-state index is -0.321. The second kappa shape index (κ2) is 15.4. The highest BCUT2D eigenvalue weighted by atomic mass is 127. The van der Waals surface area contributed by atoms with Gasteiger partial charge in [0.25, 0.3) is 0 Å². The molecular formula is C24H36I2O4. The number of unbranched alkanes of at least 4 members (excludes halogenated alkanes) is 2. The predicted octanol–water partition coefficient (Wildman–Crippen LogP) is 7.64. The van der Waals surface area contributed by atoms with Crippen LogP contribution in [0, 0.1) is 19.0 Å². The van der Waals surface area contributed by atoms with E-state index in [1.165, 1.54) is 0 Å². The number of hydrogen-bond donors (Lipinski definition) is 0. The Morgan fingerprint density at radius 2 is 1.13 bits per heavy atom. The maximum Gasteiger partial charge on any atom is 0.339 e. The van der Waals surface area contributed by atoms with Crippen molar-refractivity contribution in [3.8, 4) is 0 Å². The summed E-state index contributed by atoms with van der Waals surface area (Å²) in [6.07, 6.45) is 8.77. The molecule has 0 aliphatic carbocycles. The van der Waals surface area contributed by atoms with Crippen LogP contribution in [0.15, 0.2) is 12.1 Å². The van der Waals surface area contributed by atoms with Crippen LogP contribution in [0.5, 0.6) is 0 Å². The van der Waals surface area contributed by atoms with Gasteiger partial charge in [-0.05, 0) is 82.0 Å². The summed E-state index contributed by atoms with van der Waals surface area (Å²) in [6, 6.07) is 3.48. The summed E-state index contributed by atoms with van der Waals surface area (Å²) in [5, 5.41) is 0. The summed E-state index contributed by atoms with van der Waals surface area (Å²) in [7, 11) is 0. The van der Waals surface area contributed by atoms with Crippen LogP contribution in [-0.2, 0) is 9.47 Å². The number of ether oxygens (including phenoxy) is 2. The zero-order chi connectivity index (χ0) is 22.5. The lowest BCUT2D eigenvalue weighted by Crippen LogP contribution is -2.17. The summed E-state index contributed by atoms with van der Waals surface area (Å²) >= 11 is 4.19. The van der Waals surface area contributed by atoms with E-state index in [0.717, 1.165) is 51.4 Å². The topological polar surface area (TPSA) is 52.6 Å². The van der Waals surface area contributed by atoms with E-state index in [2.05, 4.69) is 72.9 Å². The summed E-state index contributed by atoms with van der Waals surface area (Å²) < 4.78 is 12.6. The van der Waals surface area contributed by atoms with Crippen molar-refractivity contribution in [2.24, 2.45) is 11.8 Å². The highest BCUT2D eigenvalue weighted by molar-refractivity contribution is 14.1. The van der Waals surface area contributed by atoms with Gasteiger partial charge in [0.15, 0.2) is 0 Å². The SMILES string of the molecule is CCCCC(CC)COC(=O)c1cc(I)c(C(=O)OCC(CC)CCCC)cc1I. The van der Waals surface area contributed by atoms with Crippen molar-refractivity contribution in [2.45, 2.75) is 79.1 Å². The van der Waals surface area contributed by atoms with Gasteiger partial charge < -0.3 is 9.47 Å². The van der Waals surface area contributed by atoms with Crippen molar-refractivity contribution in [2.75, 3.05) is 13.2 Å². The largest absolute Gasteiger partial charge is 0.462 e. The molecule has 4 nitrogen and oxygen atoms in total. The van der Waals surface area contributed by atoms with Crippen LogP contribution in [0.1, 0.15) is 99.8 Å². The van der Waals surface area contributed by atoms with E-state index in [1.54, 1.807) is 12.1 Å². The van der Waals surface area contributed by atoms with Gasteiger partial charge in [0, 0.05) is 7.14 Å². The van der Waals surface area contributed by atoms with E-state index in [4.69, 9.17) is 9.47 Å². The third-order valence-electron chi connectivity index (χ3n) is 5.48. The second-order valence-corrected chi connectivity index (χ2v) is 10.2. The molecule has 0 saturated carbocycles. The average Bonchev–Trinajstić information content (AvgIpc) is 2.74. The first-order chi connectivity index (χ1) is 14.4. The monoisotopic (exact) mass is 642 g/mol. The Morgan fingerprint density at radius 3 is 1.43 bits per heavy atom. The van der Waals surface area contributed by atoms with Crippen molar-refractivity contribution in [1.29, 1.82) is 0 Å². The van der Waals surface area contributed by atoms with Crippen LogP contribution >= 0.6 is 45.2 Å². The minimum absolute atomic E-state index is 0.321. The summed E-state index contributed by atoms with van der Waals surface area (Å²) in [5.74, 6) is 0.161. The van der Waals surface area contributed by atoms with Gasteiger partial charge in [-0.2, -0.15) is 0 Å². The van der Waals surface area contributed by atoms with Crippen LogP contribution in [0.4, 0.5) is 0 Å².